The van der Waals surface area contributed by atoms with Crippen molar-refractivity contribution >= 4 is 33.3 Å². The van der Waals surface area contributed by atoms with E-state index in [1.165, 1.54) is 18.2 Å². The van der Waals surface area contributed by atoms with Gasteiger partial charge in [0.25, 0.3) is 10.0 Å². The highest BCUT2D eigenvalue weighted by Crippen LogP contribution is 2.28. The van der Waals surface area contributed by atoms with Gasteiger partial charge in [0.15, 0.2) is 0 Å². The van der Waals surface area contributed by atoms with Crippen molar-refractivity contribution in [3.63, 3.8) is 0 Å². The minimum atomic E-state index is -3.79. The summed E-state index contributed by atoms with van der Waals surface area (Å²) in [6, 6.07) is 10.8. The van der Waals surface area contributed by atoms with Gasteiger partial charge in [-0.2, -0.15) is 0 Å². The van der Waals surface area contributed by atoms with E-state index < -0.39 is 10.0 Å². The lowest BCUT2D eigenvalue weighted by atomic mass is 10.1. The maximum Gasteiger partial charge on any atom is 0.310 e. The predicted octanol–water partition coefficient (Wildman–Crippen LogP) is 3.65. The second-order valence-electron chi connectivity index (χ2n) is 5.31. The number of benzene rings is 2. The maximum absolute atomic E-state index is 12.5. The number of rotatable bonds is 8. The van der Waals surface area contributed by atoms with Crippen molar-refractivity contribution in [3.8, 4) is 5.75 Å². The molecule has 0 saturated carbocycles. The quantitative estimate of drug-likeness (QED) is 0.687. The molecule has 0 aliphatic heterocycles. The first-order chi connectivity index (χ1) is 12.4. The third-order valence-electron chi connectivity index (χ3n) is 3.37. The van der Waals surface area contributed by atoms with Gasteiger partial charge in [-0.25, -0.2) is 8.42 Å². The molecule has 0 aliphatic carbocycles. The molecule has 0 saturated heterocycles. The van der Waals surface area contributed by atoms with Gasteiger partial charge in [0.05, 0.1) is 29.6 Å². The highest BCUT2D eigenvalue weighted by Gasteiger charge is 2.16. The number of carbonyl (C=O) groups is 1. The lowest BCUT2D eigenvalue weighted by Gasteiger charge is -2.11. The number of carbonyl (C=O) groups excluding carboxylic acids is 1. The number of esters is 1. The van der Waals surface area contributed by atoms with Crippen molar-refractivity contribution in [2.75, 3.05) is 17.9 Å². The molecule has 8 heteroatoms. The monoisotopic (exact) mass is 397 g/mol. The number of halogens is 1. The molecule has 0 amide bonds. The number of sulfonamides is 1. The topological polar surface area (TPSA) is 81.7 Å². The van der Waals surface area contributed by atoms with Crippen molar-refractivity contribution in [1.82, 2.24) is 0 Å². The number of anilines is 1. The van der Waals surface area contributed by atoms with Crippen molar-refractivity contribution in [3.05, 3.63) is 53.1 Å². The SMILES string of the molecule is CCOC(=O)Cc1ccc(NS(=O)(=O)c2ccc(OCC)c(Cl)c2)cc1. The fourth-order valence-corrected chi connectivity index (χ4v) is 3.59. The van der Waals surface area contributed by atoms with Crippen LogP contribution in [0, 0.1) is 0 Å². The molecule has 0 atom stereocenters. The summed E-state index contributed by atoms with van der Waals surface area (Å²) >= 11 is 6.05. The van der Waals surface area contributed by atoms with Crippen LogP contribution in [0.3, 0.4) is 0 Å². The minimum Gasteiger partial charge on any atom is -0.492 e. The molecule has 26 heavy (non-hydrogen) atoms. The molecule has 0 heterocycles. The number of ether oxygens (including phenoxy) is 2. The summed E-state index contributed by atoms with van der Waals surface area (Å²) in [5.74, 6) is 0.0984. The van der Waals surface area contributed by atoms with Crippen LogP contribution in [0.1, 0.15) is 19.4 Å². The first kappa shape index (κ1) is 20.1. The molecule has 2 aromatic rings. The molecular weight excluding hydrogens is 378 g/mol. The molecule has 0 fully saturated rings. The van der Waals surface area contributed by atoms with E-state index in [0.717, 1.165) is 5.56 Å². The van der Waals surface area contributed by atoms with E-state index in [-0.39, 0.29) is 22.3 Å². The van der Waals surface area contributed by atoms with Crippen LogP contribution in [-0.4, -0.2) is 27.6 Å². The molecule has 6 nitrogen and oxygen atoms in total. The van der Waals surface area contributed by atoms with Gasteiger partial charge in [-0.1, -0.05) is 23.7 Å². The second-order valence-corrected chi connectivity index (χ2v) is 7.40. The summed E-state index contributed by atoms with van der Waals surface area (Å²) in [6.45, 7) is 4.31. The standard InChI is InChI=1S/C18H20ClNO5S/c1-3-24-17-10-9-15(12-16(17)19)26(22,23)20-14-7-5-13(6-8-14)11-18(21)25-4-2/h5-10,12,20H,3-4,11H2,1-2H3. The largest absolute Gasteiger partial charge is 0.492 e. The van der Waals surface area contributed by atoms with E-state index in [2.05, 4.69) is 4.72 Å². The van der Waals surface area contributed by atoms with Gasteiger partial charge in [0.2, 0.25) is 0 Å². The van der Waals surface area contributed by atoms with E-state index in [9.17, 15) is 13.2 Å². The van der Waals surface area contributed by atoms with Crippen LogP contribution in [0.2, 0.25) is 5.02 Å². The highest BCUT2D eigenvalue weighted by molar-refractivity contribution is 7.92. The lowest BCUT2D eigenvalue weighted by molar-refractivity contribution is -0.142. The molecule has 0 spiro atoms. The Morgan fingerprint density at radius 2 is 1.77 bits per heavy atom. The Morgan fingerprint density at radius 1 is 1.08 bits per heavy atom. The summed E-state index contributed by atoms with van der Waals surface area (Å²) in [6.07, 6.45) is 0.134. The molecule has 0 aliphatic rings. The van der Waals surface area contributed by atoms with Gasteiger partial charge in [-0.05, 0) is 49.7 Å². The fourth-order valence-electron chi connectivity index (χ4n) is 2.20. The smallest absolute Gasteiger partial charge is 0.310 e. The second kappa shape index (κ2) is 8.91. The van der Waals surface area contributed by atoms with Crippen LogP contribution in [0.5, 0.6) is 5.75 Å². The van der Waals surface area contributed by atoms with Crippen LogP contribution in [0.4, 0.5) is 5.69 Å². The maximum atomic E-state index is 12.5. The van der Waals surface area contributed by atoms with Crippen LogP contribution >= 0.6 is 11.6 Å². The van der Waals surface area contributed by atoms with Crippen LogP contribution in [0.25, 0.3) is 0 Å². The van der Waals surface area contributed by atoms with Crippen molar-refractivity contribution < 1.29 is 22.7 Å². The van der Waals surface area contributed by atoms with E-state index >= 15 is 0 Å². The number of hydrogen-bond donors (Lipinski definition) is 1. The molecule has 0 radical (unpaired) electrons. The molecule has 2 aromatic carbocycles. The Balaban J connectivity index is 2.11. The Labute approximate surface area is 158 Å². The van der Waals surface area contributed by atoms with Gasteiger partial charge in [-0.15, -0.1) is 0 Å². The summed E-state index contributed by atoms with van der Waals surface area (Å²) in [5, 5.41) is 0.222. The van der Waals surface area contributed by atoms with Crippen LogP contribution in [0.15, 0.2) is 47.4 Å². The van der Waals surface area contributed by atoms with Gasteiger partial charge < -0.3 is 9.47 Å². The Morgan fingerprint density at radius 3 is 2.35 bits per heavy atom. The summed E-state index contributed by atoms with van der Waals surface area (Å²) < 4.78 is 37.6. The van der Waals surface area contributed by atoms with Crippen molar-refractivity contribution in [2.24, 2.45) is 0 Å². The van der Waals surface area contributed by atoms with Crippen LogP contribution < -0.4 is 9.46 Å². The average molecular weight is 398 g/mol. The van der Waals surface area contributed by atoms with E-state index in [1.54, 1.807) is 31.2 Å². The normalized spacial score (nSPS) is 11.0. The zero-order valence-corrected chi connectivity index (χ0v) is 16.1. The molecule has 0 unspecified atom stereocenters. The summed E-state index contributed by atoms with van der Waals surface area (Å²) in [5.41, 5.74) is 1.11. The first-order valence-corrected chi connectivity index (χ1v) is 9.91. The van der Waals surface area contributed by atoms with Gasteiger partial charge in [0.1, 0.15) is 5.75 Å². The van der Waals surface area contributed by atoms with Gasteiger partial charge in [-0.3, -0.25) is 9.52 Å². The number of nitrogens with one attached hydrogen (secondary N) is 1. The molecule has 0 bridgehead atoms. The molecule has 2 rings (SSSR count). The lowest BCUT2D eigenvalue weighted by Crippen LogP contribution is -2.13. The van der Waals surface area contributed by atoms with Gasteiger partial charge >= 0.3 is 5.97 Å². The molecule has 0 aromatic heterocycles. The van der Waals surface area contributed by atoms with E-state index in [4.69, 9.17) is 21.1 Å². The first-order valence-electron chi connectivity index (χ1n) is 8.05. The predicted molar refractivity (Wildman–Crippen MR) is 100 cm³/mol. The van der Waals surface area contributed by atoms with Gasteiger partial charge in [0, 0.05) is 5.69 Å². The molecule has 1 N–H and O–H groups in total. The zero-order valence-electron chi connectivity index (χ0n) is 14.5. The molecule has 140 valence electrons. The van der Waals surface area contributed by atoms with Crippen LogP contribution in [-0.2, 0) is 26.0 Å². The Kier molecular flexibility index (Phi) is 6.88. The summed E-state index contributed by atoms with van der Waals surface area (Å²) in [4.78, 5) is 11.5. The van der Waals surface area contributed by atoms with E-state index in [1.807, 2.05) is 6.92 Å². The van der Waals surface area contributed by atoms with E-state index in [0.29, 0.717) is 24.7 Å². The van der Waals surface area contributed by atoms with Crippen molar-refractivity contribution in [1.29, 1.82) is 0 Å². The minimum absolute atomic E-state index is 0.0292. The fraction of sp³-hybridized carbons (Fsp3) is 0.278. The third-order valence-corrected chi connectivity index (χ3v) is 5.05. The highest BCUT2D eigenvalue weighted by atomic mass is 35.5. The average Bonchev–Trinajstić information content (AvgIpc) is 2.58. The van der Waals surface area contributed by atoms with Crippen molar-refractivity contribution in [2.45, 2.75) is 25.2 Å². The number of hydrogen-bond acceptors (Lipinski definition) is 5. The Bertz CT molecular complexity index is 866. The Hall–Kier alpha value is -2.25. The summed E-state index contributed by atoms with van der Waals surface area (Å²) in [7, 11) is -3.79. The molecular formula is C18H20ClNO5S. The third kappa shape index (κ3) is 5.37. The zero-order chi connectivity index (χ0) is 19.2.